The molecule has 4 nitrogen and oxygen atoms in total. The van der Waals surface area contributed by atoms with E-state index in [0.29, 0.717) is 6.42 Å². The third-order valence-corrected chi connectivity index (χ3v) is 3.86. The Morgan fingerprint density at radius 1 is 1.12 bits per heavy atom. The van der Waals surface area contributed by atoms with Crippen LogP contribution in [0.5, 0.6) is 0 Å². The molecule has 0 aromatic carbocycles. The molecule has 0 aromatic rings. The maximum Gasteiger partial charge on any atom is 0.222 e. The number of aliphatic hydroxyl groups is 1. The van der Waals surface area contributed by atoms with E-state index in [1.807, 2.05) is 25.7 Å². The molecular formula is C13H26N2O2. The molecule has 1 aliphatic rings. The van der Waals surface area contributed by atoms with Crippen molar-refractivity contribution in [3.05, 3.63) is 0 Å². The molecule has 0 aromatic heterocycles. The molecule has 1 aliphatic heterocycles. The molecule has 1 N–H and O–H groups in total. The standard InChI is InChI=1S/C13H26N2O2/c1-4-12(16)15-9-7-14(8-10-15)11-13(17,5-2)6-3/h17H,4-11H2,1-3H3. The van der Waals surface area contributed by atoms with Gasteiger partial charge in [-0.2, -0.15) is 0 Å². The summed E-state index contributed by atoms with van der Waals surface area (Å²) < 4.78 is 0. The van der Waals surface area contributed by atoms with Gasteiger partial charge >= 0.3 is 0 Å². The molecule has 0 unspecified atom stereocenters. The number of piperazine rings is 1. The lowest BCUT2D eigenvalue weighted by molar-refractivity contribution is -0.133. The van der Waals surface area contributed by atoms with Gasteiger partial charge in [-0.05, 0) is 12.8 Å². The molecule has 100 valence electrons. The summed E-state index contributed by atoms with van der Waals surface area (Å²) in [6, 6.07) is 0. The van der Waals surface area contributed by atoms with Crippen molar-refractivity contribution in [3.63, 3.8) is 0 Å². The van der Waals surface area contributed by atoms with E-state index in [1.54, 1.807) is 0 Å². The van der Waals surface area contributed by atoms with E-state index < -0.39 is 5.60 Å². The first-order valence-electron chi connectivity index (χ1n) is 6.77. The molecule has 0 spiro atoms. The van der Waals surface area contributed by atoms with Gasteiger partial charge < -0.3 is 10.0 Å². The molecule has 1 rings (SSSR count). The minimum absolute atomic E-state index is 0.242. The van der Waals surface area contributed by atoms with Crippen LogP contribution in [0, 0.1) is 0 Å². The monoisotopic (exact) mass is 242 g/mol. The zero-order valence-electron chi connectivity index (χ0n) is 11.4. The number of β-amino-alcohol motifs (C(OH)–C–C–N with tert-alkyl or cyclic N) is 1. The fourth-order valence-electron chi connectivity index (χ4n) is 2.27. The molecule has 0 saturated carbocycles. The van der Waals surface area contributed by atoms with Crippen LogP contribution in [0.25, 0.3) is 0 Å². The summed E-state index contributed by atoms with van der Waals surface area (Å²) in [5.41, 5.74) is -0.559. The minimum atomic E-state index is -0.559. The number of rotatable bonds is 5. The zero-order valence-corrected chi connectivity index (χ0v) is 11.4. The van der Waals surface area contributed by atoms with Crippen molar-refractivity contribution < 1.29 is 9.90 Å². The Morgan fingerprint density at radius 2 is 1.65 bits per heavy atom. The average Bonchev–Trinajstić information content (AvgIpc) is 2.38. The summed E-state index contributed by atoms with van der Waals surface area (Å²) in [6.07, 6.45) is 2.17. The van der Waals surface area contributed by atoms with E-state index in [9.17, 15) is 9.90 Å². The Hall–Kier alpha value is -0.610. The van der Waals surface area contributed by atoms with Gasteiger partial charge in [-0.25, -0.2) is 0 Å². The van der Waals surface area contributed by atoms with Crippen molar-refractivity contribution in [3.8, 4) is 0 Å². The molecule has 4 heteroatoms. The first-order valence-corrected chi connectivity index (χ1v) is 6.77. The van der Waals surface area contributed by atoms with E-state index in [-0.39, 0.29) is 5.91 Å². The highest BCUT2D eigenvalue weighted by Gasteiger charge is 2.28. The first kappa shape index (κ1) is 14.5. The predicted molar refractivity (Wildman–Crippen MR) is 68.8 cm³/mol. The van der Waals surface area contributed by atoms with E-state index >= 15 is 0 Å². The van der Waals surface area contributed by atoms with Crippen LogP contribution in [0.4, 0.5) is 0 Å². The molecule has 1 saturated heterocycles. The lowest BCUT2D eigenvalue weighted by Gasteiger charge is -2.39. The quantitative estimate of drug-likeness (QED) is 0.785. The van der Waals surface area contributed by atoms with Gasteiger partial charge in [-0.1, -0.05) is 20.8 Å². The number of amides is 1. The highest BCUT2D eigenvalue weighted by molar-refractivity contribution is 5.75. The normalized spacial score (nSPS) is 18.5. The number of hydrogen-bond donors (Lipinski definition) is 1. The van der Waals surface area contributed by atoms with E-state index in [4.69, 9.17) is 0 Å². The van der Waals surface area contributed by atoms with Crippen molar-refractivity contribution in [2.75, 3.05) is 32.7 Å². The third kappa shape index (κ3) is 3.96. The van der Waals surface area contributed by atoms with E-state index in [0.717, 1.165) is 45.6 Å². The second-order valence-electron chi connectivity index (χ2n) is 4.94. The molecule has 17 heavy (non-hydrogen) atoms. The van der Waals surface area contributed by atoms with Gasteiger partial charge in [0.05, 0.1) is 5.60 Å². The smallest absolute Gasteiger partial charge is 0.222 e. The topological polar surface area (TPSA) is 43.8 Å². The average molecular weight is 242 g/mol. The molecule has 1 heterocycles. The van der Waals surface area contributed by atoms with Gasteiger partial charge in [0.15, 0.2) is 0 Å². The zero-order chi connectivity index (χ0) is 12.9. The van der Waals surface area contributed by atoms with Gasteiger partial charge in [0.25, 0.3) is 0 Å². The van der Waals surface area contributed by atoms with E-state index in [1.165, 1.54) is 0 Å². The number of carbonyl (C=O) groups excluding carboxylic acids is 1. The van der Waals surface area contributed by atoms with Crippen molar-refractivity contribution >= 4 is 5.91 Å². The summed E-state index contributed by atoms with van der Waals surface area (Å²) in [4.78, 5) is 15.7. The van der Waals surface area contributed by atoms with Crippen molar-refractivity contribution in [1.82, 2.24) is 9.80 Å². The highest BCUT2D eigenvalue weighted by Crippen LogP contribution is 2.17. The van der Waals surface area contributed by atoms with Gasteiger partial charge in [-0.15, -0.1) is 0 Å². The largest absolute Gasteiger partial charge is 0.389 e. The summed E-state index contributed by atoms with van der Waals surface area (Å²) in [7, 11) is 0. The maximum atomic E-state index is 11.5. The van der Waals surface area contributed by atoms with Crippen molar-refractivity contribution in [2.45, 2.75) is 45.6 Å². The third-order valence-electron chi connectivity index (χ3n) is 3.86. The lowest BCUT2D eigenvalue weighted by atomic mass is 9.96. The fraction of sp³-hybridized carbons (Fsp3) is 0.923. The molecule has 0 aliphatic carbocycles. The summed E-state index contributed by atoms with van der Waals surface area (Å²) >= 11 is 0. The highest BCUT2D eigenvalue weighted by atomic mass is 16.3. The lowest BCUT2D eigenvalue weighted by Crippen LogP contribution is -2.52. The van der Waals surface area contributed by atoms with Gasteiger partial charge in [0.1, 0.15) is 0 Å². The number of nitrogens with zero attached hydrogens (tertiary/aromatic N) is 2. The SMILES string of the molecule is CCC(=O)N1CCN(CC(O)(CC)CC)CC1. The molecule has 1 fully saturated rings. The van der Waals surface area contributed by atoms with Crippen LogP contribution in [0.3, 0.4) is 0 Å². The van der Waals surface area contributed by atoms with Crippen LogP contribution >= 0.6 is 0 Å². The van der Waals surface area contributed by atoms with Gasteiger partial charge in [0.2, 0.25) is 5.91 Å². The van der Waals surface area contributed by atoms with Gasteiger partial charge in [-0.3, -0.25) is 9.69 Å². The van der Waals surface area contributed by atoms with E-state index in [2.05, 4.69) is 4.90 Å². The van der Waals surface area contributed by atoms with Crippen LogP contribution in [-0.2, 0) is 4.79 Å². The molecule has 0 atom stereocenters. The van der Waals surface area contributed by atoms with Crippen molar-refractivity contribution in [2.24, 2.45) is 0 Å². The summed E-state index contributed by atoms with van der Waals surface area (Å²) in [6.45, 7) is 10.1. The van der Waals surface area contributed by atoms with Crippen molar-refractivity contribution in [1.29, 1.82) is 0 Å². The summed E-state index contributed by atoms with van der Waals surface area (Å²) in [5, 5.41) is 10.3. The molecular weight excluding hydrogens is 216 g/mol. The molecule has 0 bridgehead atoms. The number of carbonyl (C=O) groups is 1. The predicted octanol–water partition coefficient (Wildman–Crippen LogP) is 1.09. The Kier molecular flexibility index (Phi) is 5.40. The second kappa shape index (κ2) is 6.36. The van der Waals surface area contributed by atoms with Crippen LogP contribution in [0.1, 0.15) is 40.0 Å². The fourth-order valence-corrected chi connectivity index (χ4v) is 2.27. The Labute approximate surface area is 105 Å². The van der Waals surface area contributed by atoms with Gasteiger partial charge in [0, 0.05) is 39.1 Å². The van der Waals surface area contributed by atoms with Crippen LogP contribution in [0.2, 0.25) is 0 Å². The Balaban J connectivity index is 2.39. The Morgan fingerprint density at radius 3 is 2.06 bits per heavy atom. The van der Waals surface area contributed by atoms with Crippen LogP contribution in [-0.4, -0.2) is 59.1 Å². The Bertz CT molecular complexity index is 244. The minimum Gasteiger partial charge on any atom is -0.389 e. The first-order chi connectivity index (χ1) is 8.04. The second-order valence-corrected chi connectivity index (χ2v) is 4.94. The molecule has 1 amide bonds. The summed E-state index contributed by atoms with van der Waals surface area (Å²) in [5.74, 6) is 0.242. The van der Waals surface area contributed by atoms with Crippen LogP contribution in [0.15, 0.2) is 0 Å². The van der Waals surface area contributed by atoms with Crippen LogP contribution < -0.4 is 0 Å². The maximum absolute atomic E-state index is 11.5. The molecule has 0 radical (unpaired) electrons. The number of hydrogen-bond acceptors (Lipinski definition) is 3.